The summed E-state index contributed by atoms with van der Waals surface area (Å²) in [5.74, 6) is 2.06. The van der Waals surface area contributed by atoms with Crippen LogP contribution in [0, 0.1) is 5.41 Å². The van der Waals surface area contributed by atoms with Crippen LogP contribution in [0.15, 0.2) is 48.5 Å². The van der Waals surface area contributed by atoms with E-state index in [0.717, 1.165) is 54.8 Å². The summed E-state index contributed by atoms with van der Waals surface area (Å²) in [6.07, 6.45) is 0. The van der Waals surface area contributed by atoms with Gasteiger partial charge in [-0.25, -0.2) is 4.90 Å². The van der Waals surface area contributed by atoms with Gasteiger partial charge in [0, 0.05) is 25.7 Å². The van der Waals surface area contributed by atoms with Gasteiger partial charge in [-0.2, -0.15) is 4.99 Å². The Morgan fingerprint density at radius 1 is 1.11 bits per heavy atom. The number of para-hydroxylation sites is 3. The number of aliphatic carboxylic acids is 1. The average Bonchev–Trinajstić information content (AvgIpc) is 2.85. The van der Waals surface area contributed by atoms with Gasteiger partial charge in [-0.05, 0) is 32.0 Å². The molecule has 2 aliphatic rings. The lowest BCUT2D eigenvalue weighted by Gasteiger charge is -2.34. The highest BCUT2D eigenvalue weighted by Crippen LogP contribution is 2.30. The number of nitrogens with one attached hydrogen (secondary N) is 2. The number of ether oxygens (including phenoxy) is 1. The summed E-state index contributed by atoms with van der Waals surface area (Å²) in [5, 5.41) is 9.40. The van der Waals surface area contributed by atoms with Crippen LogP contribution < -0.4 is 14.6 Å². The van der Waals surface area contributed by atoms with Gasteiger partial charge in [0.2, 0.25) is 0 Å². The van der Waals surface area contributed by atoms with Crippen LogP contribution in [0.2, 0.25) is 0 Å². The number of benzene rings is 2. The number of amidine groups is 1. The molecular formula is C22H27N3O3+2. The molecule has 6 heteroatoms. The van der Waals surface area contributed by atoms with E-state index in [9.17, 15) is 9.90 Å². The van der Waals surface area contributed by atoms with Gasteiger partial charge >= 0.3 is 11.8 Å². The monoisotopic (exact) mass is 381 g/mol. The van der Waals surface area contributed by atoms with Crippen LogP contribution in [0.1, 0.15) is 19.4 Å². The molecule has 3 N–H and O–H groups in total. The molecule has 2 aromatic carbocycles. The van der Waals surface area contributed by atoms with E-state index in [-0.39, 0.29) is 0 Å². The number of carbonyl (C=O) groups is 1. The number of carboxylic acid groups (broad SMARTS) is 1. The quantitative estimate of drug-likeness (QED) is 0.714. The Balaban J connectivity index is 1.57. The number of hydrogen-bond donors (Lipinski definition) is 3. The van der Waals surface area contributed by atoms with E-state index in [4.69, 9.17) is 4.74 Å². The zero-order valence-corrected chi connectivity index (χ0v) is 16.4. The van der Waals surface area contributed by atoms with Crippen LogP contribution in [-0.2, 0) is 4.79 Å². The fraction of sp³-hybridized carbons (Fsp3) is 0.364. The molecule has 146 valence electrons. The lowest BCUT2D eigenvalue weighted by atomic mass is 9.93. The van der Waals surface area contributed by atoms with Crippen molar-refractivity contribution >= 4 is 17.5 Å². The lowest BCUT2D eigenvalue weighted by molar-refractivity contribution is -0.830. The van der Waals surface area contributed by atoms with Crippen molar-refractivity contribution in [3.05, 3.63) is 54.1 Å². The van der Waals surface area contributed by atoms with Gasteiger partial charge in [-0.3, -0.25) is 9.69 Å². The molecule has 0 aliphatic carbocycles. The molecule has 2 heterocycles. The number of piperazine rings is 1. The number of carboxylic acids is 1. The molecular weight excluding hydrogens is 354 g/mol. The molecule has 0 spiro atoms. The molecule has 0 bridgehead atoms. The van der Waals surface area contributed by atoms with Gasteiger partial charge in [0.1, 0.15) is 11.3 Å². The van der Waals surface area contributed by atoms with Gasteiger partial charge in [0.15, 0.2) is 5.75 Å². The highest BCUT2D eigenvalue weighted by molar-refractivity contribution is 5.92. The molecule has 0 aromatic heterocycles. The van der Waals surface area contributed by atoms with E-state index in [1.54, 1.807) is 13.8 Å². The van der Waals surface area contributed by atoms with Crippen LogP contribution >= 0.6 is 0 Å². The highest BCUT2D eigenvalue weighted by atomic mass is 16.5. The zero-order valence-electron chi connectivity index (χ0n) is 16.4. The SMILES string of the molecule is CC(C)(CN1CC[NH+](C2=[NH+]c3ccccc3Oc3ccccc32)CC1)C(=O)O. The maximum Gasteiger partial charge on any atom is 0.377 e. The Bertz CT molecular complexity index is 915. The van der Waals surface area contributed by atoms with Crippen molar-refractivity contribution in [3.8, 4) is 11.5 Å². The summed E-state index contributed by atoms with van der Waals surface area (Å²) in [5.41, 5.74) is 1.31. The second-order valence-electron chi connectivity index (χ2n) is 8.16. The average molecular weight is 381 g/mol. The Morgan fingerprint density at radius 2 is 1.75 bits per heavy atom. The van der Waals surface area contributed by atoms with E-state index >= 15 is 0 Å². The van der Waals surface area contributed by atoms with Crippen molar-refractivity contribution in [2.45, 2.75) is 13.8 Å². The standard InChI is InChI=1S/C22H25N3O3/c1-22(2,21(26)27)15-24-11-13-25(14-12-24)20-16-7-3-5-9-18(16)28-19-10-6-4-8-17(19)23-20/h3-10H,11-15H2,1-2H3,(H,26,27)/p+2. The summed E-state index contributed by atoms with van der Waals surface area (Å²) in [6, 6.07) is 16.1. The molecule has 1 saturated heterocycles. The smallest absolute Gasteiger partial charge is 0.377 e. The number of hydrogen-bond acceptors (Lipinski definition) is 3. The first-order valence-electron chi connectivity index (χ1n) is 9.75. The summed E-state index contributed by atoms with van der Waals surface area (Å²) < 4.78 is 6.16. The first-order valence-corrected chi connectivity index (χ1v) is 9.75. The van der Waals surface area contributed by atoms with E-state index in [1.807, 2.05) is 42.5 Å². The second-order valence-corrected chi connectivity index (χ2v) is 8.16. The number of rotatable bonds is 3. The third-order valence-corrected chi connectivity index (χ3v) is 5.53. The molecule has 2 aliphatic heterocycles. The third-order valence-electron chi connectivity index (χ3n) is 5.53. The number of nitrogens with zero attached hydrogens (tertiary/aromatic N) is 1. The minimum absolute atomic E-state index is 0.570. The minimum Gasteiger partial charge on any atom is -0.481 e. The molecule has 1 fully saturated rings. The van der Waals surface area contributed by atoms with Crippen LogP contribution in [0.4, 0.5) is 5.69 Å². The summed E-state index contributed by atoms with van der Waals surface area (Å²) in [7, 11) is 0. The van der Waals surface area contributed by atoms with Crippen LogP contribution in [0.5, 0.6) is 11.5 Å². The molecule has 0 amide bonds. The Morgan fingerprint density at radius 3 is 2.46 bits per heavy atom. The fourth-order valence-electron chi connectivity index (χ4n) is 3.88. The Labute approximate surface area is 165 Å². The van der Waals surface area contributed by atoms with Gasteiger partial charge < -0.3 is 9.84 Å². The van der Waals surface area contributed by atoms with Gasteiger partial charge in [-0.1, -0.05) is 24.3 Å². The lowest BCUT2D eigenvalue weighted by Crippen LogP contribution is -3.21. The molecule has 0 radical (unpaired) electrons. The molecule has 28 heavy (non-hydrogen) atoms. The van der Waals surface area contributed by atoms with E-state index in [0.29, 0.717) is 6.54 Å². The predicted octanol–water partition coefficient (Wildman–Crippen LogP) is 0.263. The first-order chi connectivity index (χ1) is 13.4. The van der Waals surface area contributed by atoms with Crippen LogP contribution in [0.3, 0.4) is 0 Å². The zero-order chi connectivity index (χ0) is 19.7. The van der Waals surface area contributed by atoms with Gasteiger partial charge in [0.05, 0.1) is 18.5 Å². The van der Waals surface area contributed by atoms with Crippen molar-refractivity contribution in [1.82, 2.24) is 4.90 Å². The minimum atomic E-state index is -0.746. The number of quaternary nitrogens is 1. The summed E-state index contributed by atoms with van der Waals surface area (Å²) in [6.45, 7) is 7.70. The maximum atomic E-state index is 11.4. The summed E-state index contributed by atoms with van der Waals surface area (Å²) in [4.78, 5) is 18.7. The molecule has 0 atom stereocenters. The first kappa shape index (κ1) is 18.7. The van der Waals surface area contributed by atoms with E-state index in [2.05, 4.69) is 16.0 Å². The third kappa shape index (κ3) is 3.66. The normalized spacial score (nSPS) is 17.7. The fourth-order valence-corrected chi connectivity index (χ4v) is 3.88. The largest absolute Gasteiger partial charge is 0.481 e. The summed E-state index contributed by atoms with van der Waals surface area (Å²) >= 11 is 0. The van der Waals surface area contributed by atoms with Gasteiger partial charge in [-0.15, -0.1) is 0 Å². The molecule has 6 nitrogen and oxygen atoms in total. The predicted molar refractivity (Wildman–Crippen MR) is 106 cm³/mol. The Kier molecular flexibility index (Phi) is 4.91. The Hall–Kier alpha value is -2.70. The van der Waals surface area contributed by atoms with Crippen LogP contribution in [-0.4, -0.2) is 54.5 Å². The molecule has 0 saturated carbocycles. The highest BCUT2D eigenvalue weighted by Gasteiger charge is 2.37. The van der Waals surface area contributed by atoms with Crippen molar-refractivity contribution in [2.24, 2.45) is 5.41 Å². The second kappa shape index (κ2) is 7.37. The van der Waals surface area contributed by atoms with Gasteiger partial charge in [0.25, 0.3) is 5.69 Å². The van der Waals surface area contributed by atoms with E-state index in [1.165, 1.54) is 4.90 Å². The van der Waals surface area contributed by atoms with Crippen LogP contribution in [0.25, 0.3) is 0 Å². The maximum absolute atomic E-state index is 11.4. The molecule has 0 unspecified atom stereocenters. The number of fused-ring (bicyclic) bond motifs is 2. The van der Waals surface area contributed by atoms with Crippen molar-refractivity contribution < 1.29 is 24.5 Å². The van der Waals surface area contributed by atoms with Crippen molar-refractivity contribution in [1.29, 1.82) is 0 Å². The van der Waals surface area contributed by atoms with E-state index < -0.39 is 11.4 Å². The van der Waals surface area contributed by atoms with Crippen molar-refractivity contribution in [3.63, 3.8) is 0 Å². The van der Waals surface area contributed by atoms with Crippen molar-refractivity contribution in [2.75, 3.05) is 32.7 Å². The topological polar surface area (TPSA) is 68.2 Å². The molecule has 2 aromatic rings. The molecule has 4 rings (SSSR count).